The highest BCUT2D eigenvalue weighted by atomic mass is 35.5. The number of rotatable bonds is 5. The first kappa shape index (κ1) is 17.1. The van der Waals surface area contributed by atoms with Crippen LogP contribution in [0, 0.1) is 6.92 Å². The maximum atomic E-state index is 6.06. The molecule has 0 spiro atoms. The van der Waals surface area contributed by atoms with Gasteiger partial charge in [0.15, 0.2) is 5.96 Å². The van der Waals surface area contributed by atoms with Gasteiger partial charge in [0, 0.05) is 30.4 Å². The van der Waals surface area contributed by atoms with E-state index in [-0.39, 0.29) is 0 Å². The zero-order valence-electron chi connectivity index (χ0n) is 12.8. The monoisotopic (exact) mass is 359 g/mol. The SMILES string of the molecule is CCNC(=NCc1cc(Cl)c(Cl)n1C)NCc1cnc(C)s1. The fourth-order valence-corrected chi connectivity index (χ4v) is 3.05. The van der Waals surface area contributed by atoms with Crippen LogP contribution in [-0.4, -0.2) is 22.1 Å². The summed E-state index contributed by atoms with van der Waals surface area (Å²) in [5, 5.41) is 8.66. The Labute approximate surface area is 144 Å². The van der Waals surface area contributed by atoms with Crippen molar-refractivity contribution in [2.24, 2.45) is 12.0 Å². The van der Waals surface area contributed by atoms with Crippen LogP contribution in [0.3, 0.4) is 0 Å². The predicted molar refractivity (Wildman–Crippen MR) is 93.9 cm³/mol. The molecular weight excluding hydrogens is 341 g/mol. The van der Waals surface area contributed by atoms with E-state index in [9.17, 15) is 0 Å². The van der Waals surface area contributed by atoms with Gasteiger partial charge in [0.05, 0.1) is 23.1 Å². The van der Waals surface area contributed by atoms with E-state index < -0.39 is 0 Å². The van der Waals surface area contributed by atoms with Crippen LogP contribution in [-0.2, 0) is 20.1 Å². The predicted octanol–water partition coefficient (Wildman–Crippen LogP) is 3.35. The Hall–Kier alpha value is -1.24. The molecular formula is C14H19Cl2N5S. The summed E-state index contributed by atoms with van der Waals surface area (Å²) in [5.74, 6) is 0.752. The quantitative estimate of drug-likeness (QED) is 0.635. The summed E-state index contributed by atoms with van der Waals surface area (Å²) in [5.41, 5.74) is 0.959. The molecule has 0 amide bonds. The largest absolute Gasteiger partial charge is 0.357 e. The molecule has 0 aliphatic carbocycles. The van der Waals surface area contributed by atoms with E-state index >= 15 is 0 Å². The molecule has 8 heteroatoms. The highest BCUT2D eigenvalue weighted by Crippen LogP contribution is 2.25. The van der Waals surface area contributed by atoms with Crippen molar-refractivity contribution in [2.75, 3.05) is 6.54 Å². The highest BCUT2D eigenvalue weighted by Gasteiger charge is 2.08. The van der Waals surface area contributed by atoms with E-state index in [0.29, 0.717) is 23.3 Å². The summed E-state index contributed by atoms with van der Waals surface area (Å²) < 4.78 is 1.84. The van der Waals surface area contributed by atoms with Crippen molar-refractivity contribution in [2.45, 2.75) is 26.9 Å². The van der Waals surface area contributed by atoms with Crippen molar-refractivity contribution < 1.29 is 0 Å². The lowest BCUT2D eigenvalue weighted by atomic mass is 10.4. The number of hydrogen-bond donors (Lipinski definition) is 2. The lowest BCUT2D eigenvalue weighted by Gasteiger charge is -2.10. The van der Waals surface area contributed by atoms with Crippen molar-refractivity contribution >= 4 is 40.5 Å². The first-order chi connectivity index (χ1) is 10.5. The Morgan fingerprint density at radius 2 is 2.18 bits per heavy atom. The second kappa shape index (κ2) is 7.85. The van der Waals surface area contributed by atoms with Crippen molar-refractivity contribution in [3.8, 4) is 0 Å². The van der Waals surface area contributed by atoms with Crippen LogP contribution < -0.4 is 10.6 Å². The minimum atomic E-state index is 0.500. The van der Waals surface area contributed by atoms with E-state index in [1.54, 1.807) is 11.3 Å². The molecule has 0 aromatic carbocycles. The van der Waals surface area contributed by atoms with Gasteiger partial charge in [0.1, 0.15) is 5.15 Å². The van der Waals surface area contributed by atoms with E-state index in [1.165, 1.54) is 4.88 Å². The standard InChI is InChI=1S/C14H19Cl2N5S/c1-4-17-14(20-8-11-7-18-9(2)22-11)19-6-10-5-12(15)13(16)21(10)3/h5,7H,4,6,8H2,1-3H3,(H2,17,19,20). The average Bonchev–Trinajstić information content (AvgIpc) is 3.01. The Kier molecular flexibility index (Phi) is 6.11. The minimum Gasteiger partial charge on any atom is -0.357 e. The van der Waals surface area contributed by atoms with Gasteiger partial charge < -0.3 is 15.2 Å². The molecule has 0 fully saturated rings. The van der Waals surface area contributed by atoms with Gasteiger partial charge in [-0.1, -0.05) is 23.2 Å². The Morgan fingerprint density at radius 3 is 2.73 bits per heavy atom. The molecule has 0 saturated heterocycles. The summed E-state index contributed by atoms with van der Waals surface area (Å²) in [4.78, 5) is 9.98. The Morgan fingerprint density at radius 1 is 1.41 bits per heavy atom. The Balaban J connectivity index is 2.01. The van der Waals surface area contributed by atoms with Gasteiger partial charge in [-0.15, -0.1) is 11.3 Å². The summed E-state index contributed by atoms with van der Waals surface area (Å²) >= 11 is 13.8. The number of aromatic nitrogens is 2. The minimum absolute atomic E-state index is 0.500. The molecule has 2 N–H and O–H groups in total. The first-order valence-electron chi connectivity index (χ1n) is 6.94. The lowest BCUT2D eigenvalue weighted by molar-refractivity contribution is 0.790. The van der Waals surface area contributed by atoms with Crippen molar-refractivity contribution in [3.63, 3.8) is 0 Å². The number of halogens is 2. The van der Waals surface area contributed by atoms with Gasteiger partial charge in [0.25, 0.3) is 0 Å². The molecule has 5 nitrogen and oxygen atoms in total. The summed E-state index contributed by atoms with van der Waals surface area (Å²) in [6.07, 6.45) is 1.88. The van der Waals surface area contributed by atoms with E-state index in [0.717, 1.165) is 23.2 Å². The second-order valence-corrected chi connectivity index (χ2v) is 6.81. The van der Waals surface area contributed by atoms with Crippen LogP contribution in [0.25, 0.3) is 0 Å². The molecule has 2 aromatic heterocycles. The smallest absolute Gasteiger partial charge is 0.191 e. The number of aliphatic imine (C=N–C) groups is 1. The maximum Gasteiger partial charge on any atom is 0.191 e. The van der Waals surface area contributed by atoms with Crippen molar-refractivity contribution in [1.29, 1.82) is 0 Å². The molecule has 0 aliphatic heterocycles. The molecule has 0 radical (unpaired) electrons. The fraction of sp³-hybridized carbons (Fsp3) is 0.429. The Bertz CT molecular complexity index is 662. The summed E-state index contributed by atoms with van der Waals surface area (Å²) in [6.45, 7) is 6.02. The number of guanidine groups is 1. The van der Waals surface area contributed by atoms with Crippen LogP contribution in [0.5, 0.6) is 0 Å². The molecule has 2 aromatic rings. The van der Waals surface area contributed by atoms with Gasteiger partial charge in [-0.2, -0.15) is 0 Å². The van der Waals surface area contributed by atoms with Crippen LogP contribution in [0.2, 0.25) is 10.2 Å². The second-order valence-electron chi connectivity index (χ2n) is 4.73. The van der Waals surface area contributed by atoms with Crippen LogP contribution >= 0.6 is 34.5 Å². The third kappa shape index (κ3) is 4.38. The summed E-state index contributed by atoms with van der Waals surface area (Å²) in [7, 11) is 1.87. The fourth-order valence-electron chi connectivity index (χ4n) is 1.90. The maximum absolute atomic E-state index is 6.06. The number of thiazole rings is 1. The van der Waals surface area contributed by atoms with Gasteiger partial charge in [-0.05, 0) is 19.9 Å². The van der Waals surface area contributed by atoms with Crippen molar-refractivity contribution in [3.05, 3.63) is 38.0 Å². The molecule has 22 heavy (non-hydrogen) atoms. The van der Waals surface area contributed by atoms with E-state index in [2.05, 4.69) is 20.6 Å². The molecule has 0 atom stereocenters. The van der Waals surface area contributed by atoms with E-state index in [4.69, 9.17) is 23.2 Å². The number of nitrogens with zero attached hydrogens (tertiary/aromatic N) is 3. The van der Waals surface area contributed by atoms with Gasteiger partial charge in [-0.3, -0.25) is 0 Å². The number of hydrogen-bond acceptors (Lipinski definition) is 3. The van der Waals surface area contributed by atoms with Gasteiger partial charge >= 0.3 is 0 Å². The number of nitrogens with one attached hydrogen (secondary N) is 2. The van der Waals surface area contributed by atoms with Crippen LogP contribution in [0.1, 0.15) is 22.5 Å². The van der Waals surface area contributed by atoms with E-state index in [1.807, 2.05) is 37.7 Å². The molecule has 0 bridgehead atoms. The highest BCUT2D eigenvalue weighted by molar-refractivity contribution is 7.11. The third-order valence-electron chi connectivity index (χ3n) is 3.06. The zero-order chi connectivity index (χ0) is 16.1. The molecule has 0 saturated carbocycles. The van der Waals surface area contributed by atoms with Gasteiger partial charge in [0.2, 0.25) is 0 Å². The molecule has 2 heterocycles. The number of aryl methyl sites for hydroxylation is 1. The third-order valence-corrected chi connectivity index (χ3v) is 4.81. The molecule has 0 unspecified atom stereocenters. The molecule has 120 valence electrons. The topological polar surface area (TPSA) is 54.2 Å². The first-order valence-corrected chi connectivity index (χ1v) is 8.51. The van der Waals surface area contributed by atoms with Crippen molar-refractivity contribution in [1.82, 2.24) is 20.2 Å². The van der Waals surface area contributed by atoms with Crippen LogP contribution in [0.4, 0.5) is 0 Å². The summed E-state index contributed by atoms with van der Waals surface area (Å²) in [6, 6.07) is 1.84. The molecule has 2 rings (SSSR count). The normalized spacial score (nSPS) is 11.8. The lowest BCUT2D eigenvalue weighted by Crippen LogP contribution is -2.36. The molecule has 0 aliphatic rings. The average molecular weight is 360 g/mol. The van der Waals surface area contributed by atoms with Crippen LogP contribution in [0.15, 0.2) is 17.3 Å². The van der Waals surface area contributed by atoms with Gasteiger partial charge in [-0.25, -0.2) is 9.98 Å². The zero-order valence-corrected chi connectivity index (χ0v) is 15.1.